The van der Waals surface area contributed by atoms with Crippen molar-refractivity contribution >= 4 is 47.6 Å². The van der Waals surface area contributed by atoms with Gasteiger partial charge in [-0.2, -0.15) is 0 Å². The summed E-state index contributed by atoms with van der Waals surface area (Å²) in [5.74, 6) is 0.381. The highest BCUT2D eigenvalue weighted by molar-refractivity contribution is 6.63. The molecule has 0 unspecified atom stereocenters. The number of nitrogens with zero attached hydrogens (tertiary/aromatic N) is 1. The molecule has 2 aromatic rings. The third-order valence-electron chi connectivity index (χ3n) is 2.93. The number of carbonyl (C=O) groups excluding carboxylic acids is 1. The fourth-order valence-corrected chi connectivity index (χ4v) is 2.37. The second kappa shape index (κ2) is 7.02. The number of carbonyl (C=O) groups is 1. The Morgan fingerprint density at radius 2 is 1.77 bits per heavy atom. The van der Waals surface area contributed by atoms with E-state index in [1.807, 2.05) is 0 Å². The summed E-state index contributed by atoms with van der Waals surface area (Å²) < 4.78 is 5.19. The summed E-state index contributed by atoms with van der Waals surface area (Å²) in [6, 6.07) is 11.2. The maximum atomic E-state index is 12.1. The Balaban J connectivity index is 2.27. The molecule has 114 valence electrons. The molecule has 0 aliphatic rings. The number of halogens is 2. The van der Waals surface area contributed by atoms with Crippen molar-refractivity contribution in [3.8, 4) is 5.75 Å². The highest BCUT2D eigenvalue weighted by atomic mass is 35.5. The van der Waals surface area contributed by atoms with Gasteiger partial charge < -0.3 is 14.8 Å². The molecule has 2 N–H and O–H groups in total. The van der Waals surface area contributed by atoms with Crippen LogP contribution in [0.25, 0.3) is 0 Å². The molecule has 0 saturated heterocycles. The molecule has 0 fully saturated rings. The first-order valence-electron chi connectivity index (χ1n) is 6.26. The molecule has 0 heterocycles. The number of ether oxygens (including phenoxy) is 1. The summed E-state index contributed by atoms with van der Waals surface area (Å²) in [5.41, 5.74) is 0.288. The SMILES string of the molecule is CN(C(=O)Oc1ccccc1)c1cc(B(O)O)c(Cl)cc1Cl. The van der Waals surface area contributed by atoms with E-state index in [9.17, 15) is 14.8 Å². The van der Waals surface area contributed by atoms with E-state index in [1.54, 1.807) is 30.3 Å². The Morgan fingerprint density at radius 1 is 1.14 bits per heavy atom. The summed E-state index contributed by atoms with van der Waals surface area (Å²) in [5, 5.41) is 18.8. The van der Waals surface area contributed by atoms with Crippen molar-refractivity contribution in [2.24, 2.45) is 0 Å². The minimum Gasteiger partial charge on any atom is -0.423 e. The fourth-order valence-electron chi connectivity index (χ4n) is 1.76. The van der Waals surface area contributed by atoms with Crippen LogP contribution >= 0.6 is 23.2 Å². The molecule has 0 saturated carbocycles. The van der Waals surface area contributed by atoms with E-state index < -0.39 is 13.2 Å². The molecular weight excluding hydrogens is 328 g/mol. The minimum atomic E-state index is -1.78. The number of para-hydroxylation sites is 1. The number of benzene rings is 2. The molecule has 0 radical (unpaired) electrons. The molecule has 0 atom stereocenters. The second-order valence-corrected chi connectivity index (χ2v) is 5.25. The van der Waals surface area contributed by atoms with Crippen LogP contribution in [0.2, 0.25) is 10.0 Å². The van der Waals surface area contributed by atoms with Gasteiger partial charge >= 0.3 is 13.2 Å². The average Bonchev–Trinajstić information content (AvgIpc) is 2.47. The van der Waals surface area contributed by atoms with Crippen molar-refractivity contribution in [2.75, 3.05) is 11.9 Å². The Labute approximate surface area is 137 Å². The third kappa shape index (κ3) is 3.72. The van der Waals surface area contributed by atoms with Crippen LogP contribution in [0.5, 0.6) is 5.75 Å². The summed E-state index contributed by atoms with van der Waals surface area (Å²) in [4.78, 5) is 13.3. The van der Waals surface area contributed by atoms with E-state index in [2.05, 4.69) is 0 Å². The molecule has 0 bridgehead atoms. The zero-order valence-corrected chi connectivity index (χ0v) is 13.0. The van der Waals surface area contributed by atoms with Gasteiger partial charge in [0.25, 0.3) is 0 Å². The number of hydrogen-bond donors (Lipinski definition) is 2. The van der Waals surface area contributed by atoms with Gasteiger partial charge in [0.2, 0.25) is 0 Å². The fraction of sp³-hybridized carbons (Fsp3) is 0.0714. The van der Waals surface area contributed by atoms with Gasteiger partial charge in [-0.05, 0) is 24.3 Å². The summed E-state index contributed by atoms with van der Waals surface area (Å²) in [6.45, 7) is 0. The van der Waals surface area contributed by atoms with E-state index in [0.29, 0.717) is 5.75 Å². The highest BCUT2D eigenvalue weighted by Gasteiger charge is 2.22. The molecule has 0 aliphatic heterocycles. The lowest BCUT2D eigenvalue weighted by molar-refractivity contribution is 0.209. The molecule has 0 spiro atoms. The Hall–Kier alpha value is -1.73. The number of hydrogen-bond acceptors (Lipinski definition) is 4. The lowest BCUT2D eigenvalue weighted by atomic mass is 9.80. The maximum absolute atomic E-state index is 12.1. The summed E-state index contributed by atoms with van der Waals surface area (Å²) >= 11 is 11.9. The Kier molecular flexibility index (Phi) is 5.31. The Morgan fingerprint density at radius 3 is 2.36 bits per heavy atom. The van der Waals surface area contributed by atoms with Crippen LogP contribution in [-0.4, -0.2) is 30.3 Å². The number of rotatable bonds is 3. The second-order valence-electron chi connectivity index (χ2n) is 4.44. The van der Waals surface area contributed by atoms with Crippen LogP contribution in [0.3, 0.4) is 0 Å². The van der Waals surface area contributed by atoms with Crippen LogP contribution < -0.4 is 15.1 Å². The quantitative estimate of drug-likeness (QED) is 0.842. The first-order valence-corrected chi connectivity index (χ1v) is 7.01. The van der Waals surface area contributed by atoms with Gasteiger partial charge in [0, 0.05) is 17.5 Å². The zero-order valence-electron chi connectivity index (χ0n) is 11.5. The van der Waals surface area contributed by atoms with Crippen LogP contribution in [0.1, 0.15) is 0 Å². The third-order valence-corrected chi connectivity index (χ3v) is 3.56. The van der Waals surface area contributed by atoms with Crippen molar-refractivity contribution in [3.05, 3.63) is 52.5 Å². The molecule has 2 rings (SSSR count). The lowest BCUT2D eigenvalue weighted by Gasteiger charge is -2.19. The minimum absolute atomic E-state index is 0.0421. The van der Waals surface area contributed by atoms with Crippen molar-refractivity contribution < 1.29 is 19.6 Å². The average molecular weight is 340 g/mol. The van der Waals surface area contributed by atoms with Crippen LogP contribution in [-0.2, 0) is 0 Å². The van der Waals surface area contributed by atoms with Gasteiger partial charge in [0.1, 0.15) is 5.75 Å². The molecule has 8 heteroatoms. The zero-order chi connectivity index (χ0) is 16.3. The van der Waals surface area contributed by atoms with E-state index >= 15 is 0 Å². The van der Waals surface area contributed by atoms with Crippen LogP contribution in [0.4, 0.5) is 10.5 Å². The molecular formula is C14H12BCl2NO4. The normalized spacial score (nSPS) is 10.2. The Bertz CT molecular complexity index is 682. The van der Waals surface area contributed by atoms with Crippen molar-refractivity contribution in [1.29, 1.82) is 0 Å². The summed E-state index contributed by atoms with van der Waals surface area (Å²) in [7, 11) is -0.324. The number of amides is 1. The first-order chi connectivity index (χ1) is 10.4. The molecule has 0 aliphatic carbocycles. The van der Waals surface area contributed by atoms with E-state index in [1.165, 1.54) is 19.2 Å². The first kappa shape index (κ1) is 16.6. The molecule has 0 aromatic heterocycles. The summed E-state index contributed by atoms with van der Waals surface area (Å²) in [6.07, 6.45) is -0.672. The van der Waals surface area contributed by atoms with Gasteiger partial charge in [0.15, 0.2) is 0 Å². The maximum Gasteiger partial charge on any atom is 0.490 e. The van der Waals surface area contributed by atoms with Gasteiger partial charge in [-0.15, -0.1) is 0 Å². The molecule has 5 nitrogen and oxygen atoms in total. The lowest BCUT2D eigenvalue weighted by Crippen LogP contribution is -2.34. The van der Waals surface area contributed by atoms with Gasteiger partial charge in [-0.1, -0.05) is 41.4 Å². The smallest absolute Gasteiger partial charge is 0.423 e. The standard InChI is InChI=1S/C14H12BCl2NO4/c1-18(14(19)22-9-5-3-2-4-6-9)13-7-10(15(20)21)11(16)8-12(13)17/h2-8,20-21H,1H3. The van der Waals surface area contributed by atoms with Crippen molar-refractivity contribution in [3.63, 3.8) is 0 Å². The van der Waals surface area contributed by atoms with Crippen LogP contribution in [0, 0.1) is 0 Å². The van der Waals surface area contributed by atoms with E-state index in [4.69, 9.17) is 27.9 Å². The topological polar surface area (TPSA) is 70.0 Å². The van der Waals surface area contributed by atoms with Crippen LogP contribution in [0.15, 0.2) is 42.5 Å². The van der Waals surface area contributed by atoms with Gasteiger partial charge in [-0.3, -0.25) is 4.90 Å². The van der Waals surface area contributed by atoms with Crippen molar-refractivity contribution in [2.45, 2.75) is 0 Å². The molecule has 1 amide bonds. The van der Waals surface area contributed by atoms with Gasteiger partial charge in [0.05, 0.1) is 10.7 Å². The predicted octanol–water partition coefficient (Wildman–Crippen LogP) is 2.31. The largest absolute Gasteiger partial charge is 0.490 e. The monoisotopic (exact) mass is 339 g/mol. The van der Waals surface area contributed by atoms with E-state index in [-0.39, 0.29) is 21.2 Å². The predicted molar refractivity (Wildman–Crippen MR) is 87.2 cm³/mol. The van der Waals surface area contributed by atoms with Crippen molar-refractivity contribution in [1.82, 2.24) is 0 Å². The van der Waals surface area contributed by atoms with Gasteiger partial charge in [-0.25, -0.2) is 4.79 Å². The number of anilines is 1. The highest BCUT2D eigenvalue weighted by Crippen LogP contribution is 2.28. The van der Waals surface area contributed by atoms with E-state index in [0.717, 1.165) is 4.90 Å². The molecule has 2 aromatic carbocycles. The molecule has 22 heavy (non-hydrogen) atoms.